The summed E-state index contributed by atoms with van der Waals surface area (Å²) >= 11 is 0. The molecule has 1 amide bonds. The Morgan fingerprint density at radius 1 is 1.18 bits per heavy atom. The highest BCUT2D eigenvalue weighted by molar-refractivity contribution is 6.08. The number of hydrogen-bond donors (Lipinski definition) is 2. The van der Waals surface area contributed by atoms with Crippen molar-refractivity contribution >= 4 is 34.4 Å². The van der Waals surface area contributed by atoms with Gasteiger partial charge < -0.3 is 19.8 Å². The van der Waals surface area contributed by atoms with Crippen LogP contribution in [0.15, 0.2) is 24.4 Å². The SMILES string of the molecule is CCOC(=O)C(Cc1c[nH]c2cc([N+](=O)[O-])ccc12)(NC(C)=O)C(=O)OCC. The Hall–Kier alpha value is -3.43. The number of rotatable bonds is 8. The molecule has 1 aromatic heterocycles. The van der Waals surface area contributed by atoms with Crippen molar-refractivity contribution in [1.29, 1.82) is 0 Å². The summed E-state index contributed by atoms with van der Waals surface area (Å²) in [6, 6.07) is 4.16. The predicted octanol–water partition coefficient (Wildman–Crippen LogP) is 1.62. The van der Waals surface area contributed by atoms with Gasteiger partial charge in [-0.05, 0) is 25.5 Å². The third kappa shape index (κ3) is 4.11. The van der Waals surface area contributed by atoms with E-state index < -0.39 is 28.3 Å². The number of nitro benzene ring substituents is 1. The van der Waals surface area contributed by atoms with Crippen LogP contribution in [0.1, 0.15) is 26.3 Å². The standard InChI is InChI=1S/C18H21N3O7/c1-4-27-16(23)18(20-11(3)22,17(24)28-5-2)9-12-10-19-15-8-13(21(25)26)6-7-14(12)15/h6-8,10,19H,4-5,9H2,1-3H3,(H,20,22). The van der Waals surface area contributed by atoms with E-state index in [9.17, 15) is 24.5 Å². The van der Waals surface area contributed by atoms with Gasteiger partial charge in [-0.2, -0.15) is 0 Å². The second-order valence-electron chi connectivity index (χ2n) is 6.01. The number of hydrogen-bond acceptors (Lipinski definition) is 7. The molecule has 1 aromatic carbocycles. The number of nitrogens with zero attached hydrogens (tertiary/aromatic N) is 1. The van der Waals surface area contributed by atoms with E-state index in [0.29, 0.717) is 16.5 Å². The van der Waals surface area contributed by atoms with Gasteiger partial charge in [-0.1, -0.05) is 0 Å². The second-order valence-corrected chi connectivity index (χ2v) is 6.01. The fraction of sp³-hybridized carbons (Fsp3) is 0.389. The van der Waals surface area contributed by atoms with Crippen LogP contribution in [0.3, 0.4) is 0 Å². The van der Waals surface area contributed by atoms with Gasteiger partial charge in [0.1, 0.15) is 0 Å². The topological polar surface area (TPSA) is 141 Å². The van der Waals surface area contributed by atoms with Crippen molar-refractivity contribution in [3.8, 4) is 0 Å². The molecule has 0 saturated heterocycles. The molecule has 0 saturated carbocycles. The van der Waals surface area contributed by atoms with Gasteiger partial charge in [0, 0.05) is 37.1 Å². The zero-order valence-electron chi connectivity index (χ0n) is 15.7. The van der Waals surface area contributed by atoms with Gasteiger partial charge in [-0.15, -0.1) is 0 Å². The first-order valence-electron chi connectivity index (χ1n) is 8.62. The van der Waals surface area contributed by atoms with E-state index >= 15 is 0 Å². The number of nitro groups is 1. The van der Waals surface area contributed by atoms with Crippen molar-refractivity contribution in [2.45, 2.75) is 32.7 Å². The number of ether oxygens (including phenoxy) is 2. The summed E-state index contributed by atoms with van der Waals surface area (Å²) in [5.74, 6) is -2.50. The Morgan fingerprint density at radius 3 is 2.29 bits per heavy atom. The highest BCUT2D eigenvalue weighted by atomic mass is 16.6. The van der Waals surface area contributed by atoms with Crippen LogP contribution in [0.2, 0.25) is 0 Å². The molecule has 0 unspecified atom stereocenters. The van der Waals surface area contributed by atoms with Crippen LogP contribution in [0.25, 0.3) is 10.9 Å². The highest BCUT2D eigenvalue weighted by Crippen LogP contribution is 2.27. The third-order valence-corrected chi connectivity index (χ3v) is 4.05. The first kappa shape index (κ1) is 20.9. The Labute approximate surface area is 160 Å². The average Bonchev–Trinajstić information content (AvgIpc) is 3.03. The zero-order valence-corrected chi connectivity index (χ0v) is 15.7. The minimum atomic E-state index is -2.07. The molecule has 150 valence electrons. The van der Waals surface area contributed by atoms with Gasteiger partial charge in [-0.3, -0.25) is 14.9 Å². The smallest absolute Gasteiger partial charge is 0.344 e. The largest absolute Gasteiger partial charge is 0.464 e. The van der Waals surface area contributed by atoms with E-state index in [0.717, 1.165) is 0 Å². The molecule has 0 aliphatic rings. The van der Waals surface area contributed by atoms with Gasteiger partial charge in [0.25, 0.3) is 5.69 Å². The molecule has 28 heavy (non-hydrogen) atoms. The second kappa shape index (κ2) is 8.51. The number of amides is 1. The van der Waals surface area contributed by atoms with Gasteiger partial charge >= 0.3 is 11.9 Å². The van der Waals surface area contributed by atoms with E-state index in [-0.39, 0.29) is 25.3 Å². The van der Waals surface area contributed by atoms with Crippen LogP contribution in [0.5, 0.6) is 0 Å². The maximum atomic E-state index is 12.7. The van der Waals surface area contributed by atoms with Gasteiger partial charge in [0.15, 0.2) is 0 Å². The molecular weight excluding hydrogens is 370 g/mol. The minimum absolute atomic E-state index is 0.000345. The molecular formula is C18H21N3O7. The summed E-state index contributed by atoms with van der Waals surface area (Å²) in [6.07, 6.45) is 1.27. The van der Waals surface area contributed by atoms with E-state index in [1.807, 2.05) is 0 Å². The van der Waals surface area contributed by atoms with Gasteiger partial charge in [0.05, 0.1) is 23.7 Å². The summed E-state index contributed by atoms with van der Waals surface area (Å²) in [5, 5.41) is 13.9. The minimum Gasteiger partial charge on any atom is -0.464 e. The molecule has 1 heterocycles. The number of H-pyrrole nitrogens is 1. The number of benzene rings is 1. The summed E-state index contributed by atoms with van der Waals surface area (Å²) in [4.78, 5) is 50.4. The summed E-state index contributed by atoms with van der Waals surface area (Å²) in [7, 11) is 0. The number of fused-ring (bicyclic) bond motifs is 1. The van der Waals surface area contributed by atoms with E-state index in [2.05, 4.69) is 10.3 Å². The predicted molar refractivity (Wildman–Crippen MR) is 98.5 cm³/mol. The van der Waals surface area contributed by atoms with Crippen LogP contribution in [-0.4, -0.2) is 46.5 Å². The average molecular weight is 391 g/mol. The summed E-state index contributed by atoms with van der Waals surface area (Å²) in [6.45, 7) is 4.32. The molecule has 10 heteroatoms. The fourth-order valence-electron chi connectivity index (χ4n) is 2.90. The Balaban J connectivity index is 2.55. The van der Waals surface area contributed by atoms with Gasteiger partial charge in [0.2, 0.25) is 11.4 Å². The molecule has 2 rings (SSSR count). The number of carbonyl (C=O) groups is 3. The molecule has 0 aliphatic carbocycles. The lowest BCUT2D eigenvalue weighted by molar-refractivity contribution is -0.384. The number of nitrogens with one attached hydrogen (secondary N) is 2. The molecule has 0 bridgehead atoms. The molecule has 0 spiro atoms. The fourth-order valence-corrected chi connectivity index (χ4v) is 2.90. The van der Waals surface area contributed by atoms with Crippen molar-refractivity contribution in [2.24, 2.45) is 0 Å². The Bertz CT molecular complexity index is 901. The first-order chi connectivity index (χ1) is 13.2. The van der Waals surface area contributed by atoms with Crippen molar-refractivity contribution in [3.05, 3.63) is 40.1 Å². The molecule has 10 nitrogen and oxygen atoms in total. The zero-order chi connectivity index (χ0) is 20.9. The number of aromatic amines is 1. The first-order valence-corrected chi connectivity index (χ1v) is 8.62. The van der Waals surface area contributed by atoms with Crippen LogP contribution in [-0.2, 0) is 30.3 Å². The number of non-ortho nitro benzene ring substituents is 1. The molecule has 2 aromatic rings. The number of carbonyl (C=O) groups excluding carboxylic acids is 3. The number of esters is 2. The maximum Gasteiger partial charge on any atom is 0.344 e. The van der Waals surface area contributed by atoms with E-state index in [1.165, 1.54) is 31.3 Å². The maximum absolute atomic E-state index is 12.7. The van der Waals surface area contributed by atoms with Crippen molar-refractivity contribution in [3.63, 3.8) is 0 Å². The van der Waals surface area contributed by atoms with E-state index in [4.69, 9.17) is 9.47 Å². The normalized spacial score (nSPS) is 11.1. The van der Waals surface area contributed by atoms with Gasteiger partial charge in [-0.25, -0.2) is 9.59 Å². The highest BCUT2D eigenvalue weighted by Gasteiger charge is 2.50. The molecule has 0 fully saturated rings. The van der Waals surface area contributed by atoms with E-state index in [1.54, 1.807) is 13.8 Å². The molecule has 0 aliphatic heterocycles. The van der Waals surface area contributed by atoms with Crippen molar-refractivity contribution in [1.82, 2.24) is 10.3 Å². The summed E-state index contributed by atoms with van der Waals surface area (Å²) in [5.41, 5.74) is -1.24. The van der Waals surface area contributed by atoms with Crippen LogP contribution in [0.4, 0.5) is 5.69 Å². The Kier molecular flexibility index (Phi) is 6.34. The summed E-state index contributed by atoms with van der Waals surface area (Å²) < 4.78 is 10.1. The van der Waals surface area contributed by atoms with Crippen molar-refractivity contribution < 1.29 is 28.8 Å². The lowest BCUT2D eigenvalue weighted by Gasteiger charge is -2.29. The molecule has 0 radical (unpaired) electrons. The van der Waals surface area contributed by atoms with Crippen LogP contribution < -0.4 is 5.32 Å². The van der Waals surface area contributed by atoms with Crippen LogP contribution in [0, 0.1) is 10.1 Å². The lowest BCUT2D eigenvalue weighted by Crippen LogP contribution is -2.62. The lowest BCUT2D eigenvalue weighted by atomic mass is 9.90. The van der Waals surface area contributed by atoms with Crippen LogP contribution >= 0.6 is 0 Å². The molecule has 0 atom stereocenters. The monoisotopic (exact) mass is 391 g/mol. The quantitative estimate of drug-likeness (QED) is 0.301. The molecule has 2 N–H and O–H groups in total. The Morgan fingerprint density at radius 2 is 1.79 bits per heavy atom. The van der Waals surface area contributed by atoms with Crippen molar-refractivity contribution in [2.75, 3.05) is 13.2 Å². The number of aromatic nitrogens is 1. The third-order valence-electron chi connectivity index (χ3n) is 4.05.